The van der Waals surface area contributed by atoms with E-state index in [1.165, 1.54) is 0 Å². The van der Waals surface area contributed by atoms with E-state index in [0.717, 1.165) is 16.8 Å². The summed E-state index contributed by atoms with van der Waals surface area (Å²) >= 11 is 6.23. The van der Waals surface area contributed by atoms with Crippen LogP contribution < -0.4 is 16.8 Å². The van der Waals surface area contributed by atoms with Crippen molar-refractivity contribution in [3.05, 3.63) is 58.9 Å². The SMILES string of the molecule is CC(Nc1nc(N)nc(N)c1C#N)c1cn2ncc(Cl)c2nc1-c1ccccc1. The molecular weight excluding hydrogens is 390 g/mol. The van der Waals surface area contributed by atoms with Crippen LogP contribution in [0.5, 0.6) is 0 Å². The molecule has 0 saturated carbocycles. The Hall–Kier alpha value is -3.90. The summed E-state index contributed by atoms with van der Waals surface area (Å²) in [6.45, 7) is 1.91. The Morgan fingerprint density at radius 2 is 1.93 bits per heavy atom. The Bertz CT molecular complexity index is 1240. The zero-order chi connectivity index (χ0) is 20.5. The third-order valence-corrected chi connectivity index (χ3v) is 4.68. The van der Waals surface area contributed by atoms with Gasteiger partial charge in [0.2, 0.25) is 5.95 Å². The van der Waals surface area contributed by atoms with Gasteiger partial charge in [-0.3, -0.25) is 0 Å². The van der Waals surface area contributed by atoms with E-state index in [1.807, 2.05) is 49.5 Å². The first-order valence-corrected chi connectivity index (χ1v) is 9.04. The predicted octanol–water partition coefficient (Wildman–Crippen LogP) is 3.05. The molecule has 1 aromatic carbocycles. The summed E-state index contributed by atoms with van der Waals surface area (Å²) in [5.74, 6) is 0.250. The Balaban J connectivity index is 1.84. The highest BCUT2D eigenvalue weighted by atomic mass is 35.5. The van der Waals surface area contributed by atoms with Crippen molar-refractivity contribution in [1.82, 2.24) is 24.6 Å². The number of rotatable bonds is 4. The molecular formula is C19H16ClN9. The van der Waals surface area contributed by atoms with Crippen LogP contribution in [0.3, 0.4) is 0 Å². The molecule has 29 heavy (non-hydrogen) atoms. The normalized spacial score (nSPS) is 11.9. The number of hydrogen-bond donors (Lipinski definition) is 3. The van der Waals surface area contributed by atoms with Gasteiger partial charge in [-0.05, 0) is 6.92 Å². The first kappa shape index (κ1) is 18.5. The number of nitrogens with two attached hydrogens (primary N) is 2. The number of nitrogens with one attached hydrogen (secondary N) is 1. The van der Waals surface area contributed by atoms with E-state index in [4.69, 9.17) is 28.1 Å². The van der Waals surface area contributed by atoms with Gasteiger partial charge < -0.3 is 16.8 Å². The van der Waals surface area contributed by atoms with Crippen LogP contribution in [0.25, 0.3) is 16.9 Å². The van der Waals surface area contributed by atoms with Gasteiger partial charge in [-0.1, -0.05) is 41.9 Å². The topological polar surface area (TPSA) is 144 Å². The Morgan fingerprint density at radius 1 is 1.17 bits per heavy atom. The van der Waals surface area contributed by atoms with Gasteiger partial charge >= 0.3 is 0 Å². The van der Waals surface area contributed by atoms with Crippen LogP contribution in [0.1, 0.15) is 24.1 Å². The summed E-state index contributed by atoms with van der Waals surface area (Å²) in [7, 11) is 0. The van der Waals surface area contributed by atoms with Crippen LogP contribution in [0.15, 0.2) is 42.7 Å². The fourth-order valence-electron chi connectivity index (χ4n) is 3.03. The second kappa shape index (κ2) is 7.26. The molecule has 0 aliphatic heterocycles. The summed E-state index contributed by atoms with van der Waals surface area (Å²) in [5.41, 5.74) is 14.7. The molecule has 3 aromatic heterocycles. The van der Waals surface area contributed by atoms with Gasteiger partial charge in [0.15, 0.2) is 11.5 Å². The Kier molecular flexibility index (Phi) is 4.62. The minimum Gasteiger partial charge on any atom is -0.382 e. The van der Waals surface area contributed by atoms with E-state index in [-0.39, 0.29) is 29.2 Å². The van der Waals surface area contributed by atoms with Crippen molar-refractivity contribution in [2.24, 2.45) is 0 Å². The molecule has 144 valence electrons. The lowest BCUT2D eigenvalue weighted by Gasteiger charge is -2.19. The predicted molar refractivity (Wildman–Crippen MR) is 111 cm³/mol. The number of nitriles is 1. The molecule has 0 aliphatic carbocycles. The van der Waals surface area contributed by atoms with Crippen molar-refractivity contribution in [3.8, 4) is 17.3 Å². The van der Waals surface area contributed by atoms with E-state index in [2.05, 4.69) is 20.4 Å². The molecule has 0 saturated heterocycles. The zero-order valence-corrected chi connectivity index (χ0v) is 16.1. The highest BCUT2D eigenvalue weighted by Gasteiger charge is 2.20. The molecule has 10 heteroatoms. The van der Waals surface area contributed by atoms with Crippen molar-refractivity contribution in [2.45, 2.75) is 13.0 Å². The first-order chi connectivity index (χ1) is 14.0. The second-order valence-electron chi connectivity index (χ2n) is 6.34. The zero-order valence-electron chi connectivity index (χ0n) is 15.3. The summed E-state index contributed by atoms with van der Waals surface area (Å²) in [5, 5.41) is 17.3. The fraction of sp³-hybridized carbons (Fsp3) is 0.105. The monoisotopic (exact) mass is 405 g/mol. The number of aromatic nitrogens is 5. The van der Waals surface area contributed by atoms with Crippen LogP contribution in [-0.2, 0) is 0 Å². The number of benzene rings is 1. The third kappa shape index (κ3) is 3.37. The number of fused-ring (bicyclic) bond motifs is 1. The number of hydrogen-bond acceptors (Lipinski definition) is 8. The molecule has 3 heterocycles. The standard InChI is InChI=1S/C19H16ClN9/c1-10(25-17-12(7-21)16(22)27-19(23)28-17)13-9-29-18(14(20)8-24-29)26-15(13)11-5-3-2-4-6-11/h2-6,8-10H,1H3,(H5,22,23,25,27,28). The van der Waals surface area contributed by atoms with Gasteiger partial charge in [0, 0.05) is 17.3 Å². The lowest BCUT2D eigenvalue weighted by molar-refractivity contribution is 0.830. The van der Waals surface area contributed by atoms with Crippen molar-refractivity contribution in [1.29, 1.82) is 5.26 Å². The largest absolute Gasteiger partial charge is 0.382 e. The van der Waals surface area contributed by atoms with Crippen LogP contribution in [-0.4, -0.2) is 24.6 Å². The van der Waals surface area contributed by atoms with Crippen molar-refractivity contribution < 1.29 is 0 Å². The van der Waals surface area contributed by atoms with Gasteiger partial charge in [0.05, 0.1) is 17.9 Å². The lowest BCUT2D eigenvalue weighted by Crippen LogP contribution is -2.15. The smallest absolute Gasteiger partial charge is 0.224 e. The van der Waals surface area contributed by atoms with Crippen molar-refractivity contribution in [3.63, 3.8) is 0 Å². The molecule has 0 aliphatic rings. The van der Waals surface area contributed by atoms with E-state index in [0.29, 0.717) is 10.7 Å². The number of nitrogen functional groups attached to an aromatic ring is 2. The van der Waals surface area contributed by atoms with Crippen LogP contribution in [0.2, 0.25) is 5.02 Å². The minimum absolute atomic E-state index is 0.0189. The van der Waals surface area contributed by atoms with Gasteiger partial charge in [-0.25, -0.2) is 9.50 Å². The molecule has 5 N–H and O–H groups in total. The van der Waals surface area contributed by atoms with Gasteiger partial charge in [0.25, 0.3) is 0 Å². The Labute approximate surface area is 171 Å². The maximum Gasteiger partial charge on any atom is 0.224 e. The van der Waals surface area contributed by atoms with Gasteiger partial charge in [-0.15, -0.1) is 0 Å². The minimum atomic E-state index is -0.314. The molecule has 0 radical (unpaired) electrons. The average molecular weight is 406 g/mol. The molecule has 0 amide bonds. The summed E-state index contributed by atoms with van der Waals surface area (Å²) in [6.07, 6.45) is 3.38. The first-order valence-electron chi connectivity index (χ1n) is 8.66. The van der Waals surface area contributed by atoms with Crippen LogP contribution in [0, 0.1) is 11.3 Å². The van der Waals surface area contributed by atoms with Crippen molar-refractivity contribution in [2.75, 3.05) is 16.8 Å². The second-order valence-corrected chi connectivity index (χ2v) is 6.75. The highest BCUT2D eigenvalue weighted by Crippen LogP contribution is 2.31. The van der Waals surface area contributed by atoms with Crippen LogP contribution >= 0.6 is 11.6 Å². The van der Waals surface area contributed by atoms with E-state index in [9.17, 15) is 5.26 Å². The number of nitrogens with zero attached hydrogens (tertiary/aromatic N) is 6. The lowest BCUT2D eigenvalue weighted by atomic mass is 10.0. The molecule has 0 fully saturated rings. The van der Waals surface area contributed by atoms with E-state index in [1.54, 1.807) is 10.7 Å². The quantitative estimate of drug-likeness (QED) is 0.469. The molecule has 1 unspecified atom stereocenters. The van der Waals surface area contributed by atoms with Gasteiger partial charge in [0.1, 0.15) is 22.5 Å². The molecule has 1 atom stereocenters. The van der Waals surface area contributed by atoms with E-state index >= 15 is 0 Å². The number of halogens is 1. The van der Waals surface area contributed by atoms with E-state index < -0.39 is 0 Å². The molecule has 0 spiro atoms. The molecule has 4 rings (SSSR count). The molecule has 0 bridgehead atoms. The molecule has 4 aromatic rings. The summed E-state index contributed by atoms with van der Waals surface area (Å²) < 4.78 is 1.61. The Morgan fingerprint density at radius 3 is 2.66 bits per heavy atom. The molecule has 9 nitrogen and oxygen atoms in total. The summed E-state index contributed by atoms with van der Waals surface area (Å²) in [4.78, 5) is 12.7. The summed E-state index contributed by atoms with van der Waals surface area (Å²) in [6, 6.07) is 11.4. The van der Waals surface area contributed by atoms with Gasteiger partial charge in [-0.2, -0.15) is 20.3 Å². The van der Waals surface area contributed by atoms with Crippen molar-refractivity contribution >= 4 is 34.8 Å². The maximum atomic E-state index is 9.42. The fourth-order valence-corrected chi connectivity index (χ4v) is 3.21. The number of anilines is 3. The average Bonchev–Trinajstić information content (AvgIpc) is 3.07. The highest BCUT2D eigenvalue weighted by molar-refractivity contribution is 6.33. The maximum absolute atomic E-state index is 9.42. The van der Waals surface area contributed by atoms with Crippen LogP contribution in [0.4, 0.5) is 17.6 Å². The third-order valence-electron chi connectivity index (χ3n) is 4.41.